The molecule has 0 radical (unpaired) electrons. The molecule has 0 spiro atoms. The minimum atomic E-state index is -4.19. The minimum Gasteiger partial charge on any atom is -0.354 e. The lowest BCUT2D eigenvalue weighted by atomic mass is 10.1. The van der Waals surface area contributed by atoms with Gasteiger partial charge in [0.15, 0.2) is 0 Å². The number of amides is 2. The Balaban J connectivity index is 2.00. The smallest absolute Gasteiger partial charge is 0.264 e. The summed E-state index contributed by atoms with van der Waals surface area (Å²) >= 11 is 12.2. The number of unbranched alkanes of at least 4 members (excludes halogenated alkanes) is 1. The van der Waals surface area contributed by atoms with E-state index in [1.807, 2.05) is 38.1 Å². The molecular weight excluding hydrogens is 557 g/mol. The van der Waals surface area contributed by atoms with Crippen molar-refractivity contribution in [1.82, 2.24) is 10.2 Å². The van der Waals surface area contributed by atoms with Crippen molar-refractivity contribution in [3.05, 3.63) is 94.0 Å². The van der Waals surface area contributed by atoms with Crippen LogP contribution in [-0.2, 0) is 26.2 Å². The van der Waals surface area contributed by atoms with Gasteiger partial charge in [0.25, 0.3) is 10.0 Å². The molecular formula is C29H33Cl2N3O4S. The van der Waals surface area contributed by atoms with Crippen LogP contribution in [0.3, 0.4) is 0 Å². The maximum Gasteiger partial charge on any atom is 0.264 e. The van der Waals surface area contributed by atoms with Crippen molar-refractivity contribution in [1.29, 1.82) is 0 Å². The Morgan fingerprint density at radius 2 is 1.64 bits per heavy atom. The second kappa shape index (κ2) is 13.8. The molecule has 1 atom stereocenters. The van der Waals surface area contributed by atoms with Crippen LogP contribution in [0.5, 0.6) is 0 Å². The lowest BCUT2D eigenvalue weighted by Gasteiger charge is -2.32. The standard InChI is InChI=1S/C29H33Cl2N3O4S/c1-4-5-16-32-29(36)22(3)33(19-23-9-6-8-21(2)17-23)28(35)20-34(26-11-7-10-25(31)18-26)39(37,38)27-14-12-24(30)13-15-27/h6-15,17-18,22H,4-5,16,19-20H2,1-3H3,(H,32,36)/t22-/m1/s1. The highest BCUT2D eigenvalue weighted by Gasteiger charge is 2.32. The third-order valence-electron chi connectivity index (χ3n) is 6.21. The Kier molecular flexibility index (Phi) is 10.8. The maximum atomic E-state index is 13.9. The first kappa shape index (κ1) is 30.5. The van der Waals surface area contributed by atoms with Crippen LogP contribution in [0.2, 0.25) is 10.0 Å². The third-order valence-corrected chi connectivity index (χ3v) is 8.48. The fourth-order valence-corrected chi connectivity index (χ4v) is 5.74. The molecule has 0 aromatic heterocycles. The van der Waals surface area contributed by atoms with E-state index in [0.29, 0.717) is 16.6 Å². The van der Waals surface area contributed by atoms with Gasteiger partial charge in [0.2, 0.25) is 11.8 Å². The number of anilines is 1. The first-order valence-electron chi connectivity index (χ1n) is 12.7. The first-order valence-corrected chi connectivity index (χ1v) is 14.9. The SMILES string of the molecule is CCCCNC(=O)[C@@H](C)N(Cc1cccc(C)c1)C(=O)CN(c1cccc(Cl)c1)S(=O)(=O)c1ccc(Cl)cc1. The van der Waals surface area contributed by atoms with E-state index in [1.54, 1.807) is 25.1 Å². The van der Waals surface area contributed by atoms with Crippen LogP contribution in [0.4, 0.5) is 5.69 Å². The Morgan fingerprint density at radius 3 is 2.28 bits per heavy atom. The van der Waals surface area contributed by atoms with Gasteiger partial charge in [-0.1, -0.05) is 72.4 Å². The van der Waals surface area contributed by atoms with Crippen molar-refractivity contribution in [2.45, 2.75) is 51.1 Å². The molecule has 0 aliphatic carbocycles. The summed E-state index contributed by atoms with van der Waals surface area (Å²) in [6.45, 7) is 5.69. The number of hydrogen-bond donors (Lipinski definition) is 1. The topological polar surface area (TPSA) is 86.8 Å². The van der Waals surface area contributed by atoms with Gasteiger partial charge in [0.1, 0.15) is 12.6 Å². The van der Waals surface area contributed by atoms with Crippen molar-refractivity contribution < 1.29 is 18.0 Å². The van der Waals surface area contributed by atoms with Crippen molar-refractivity contribution in [2.24, 2.45) is 0 Å². The highest BCUT2D eigenvalue weighted by Crippen LogP contribution is 2.27. The summed E-state index contributed by atoms with van der Waals surface area (Å²) in [5, 5.41) is 3.57. The van der Waals surface area contributed by atoms with Crippen molar-refractivity contribution in [3.8, 4) is 0 Å². The number of nitrogens with one attached hydrogen (secondary N) is 1. The molecule has 3 aromatic carbocycles. The quantitative estimate of drug-likeness (QED) is 0.269. The minimum absolute atomic E-state index is 0.0322. The third kappa shape index (κ3) is 8.21. The van der Waals surface area contributed by atoms with Gasteiger partial charge in [0.05, 0.1) is 10.6 Å². The van der Waals surface area contributed by atoms with Crippen LogP contribution in [0.15, 0.2) is 77.7 Å². The molecule has 1 N–H and O–H groups in total. The van der Waals surface area contributed by atoms with Crippen molar-refractivity contribution in [2.75, 3.05) is 17.4 Å². The van der Waals surface area contributed by atoms with Gasteiger partial charge >= 0.3 is 0 Å². The zero-order chi connectivity index (χ0) is 28.6. The molecule has 0 heterocycles. The number of aryl methyl sites for hydroxylation is 1. The lowest BCUT2D eigenvalue weighted by molar-refractivity contribution is -0.139. The molecule has 0 fully saturated rings. The van der Waals surface area contributed by atoms with Crippen LogP contribution in [0.1, 0.15) is 37.8 Å². The van der Waals surface area contributed by atoms with E-state index in [2.05, 4.69) is 5.32 Å². The van der Waals surface area contributed by atoms with Crippen LogP contribution in [-0.4, -0.2) is 44.3 Å². The van der Waals surface area contributed by atoms with Crippen LogP contribution < -0.4 is 9.62 Å². The molecule has 10 heteroatoms. The Labute approximate surface area is 240 Å². The predicted octanol–water partition coefficient (Wildman–Crippen LogP) is 5.83. The van der Waals surface area contributed by atoms with Gasteiger partial charge in [-0.25, -0.2) is 8.42 Å². The van der Waals surface area contributed by atoms with Gasteiger partial charge in [-0.2, -0.15) is 0 Å². The number of carbonyl (C=O) groups is 2. The molecule has 0 bridgehead atoms. The zero-order valence-electron chi connectivity index (χ0n) is 22.2. The summed E-state index contributed by atoms with van der Waals surface area (Å²) in [7, 11) is -4.19. The Morgan fingerprint density at radius 1 is 0.949 bits per heavy atom. The molecule has 0 unspecified atom stereocenters. The van der Waals surface area contributed by atoms with Crippen LogP contribution >= 0.6 is 23.2 Å². The number of hydrogen-bond acceptors (Lipinski definition) is 4. The second-order valence-corrected chi connectivity index (χ2v) is 12.0. The molecule has 39 heavy (non-hydrogen) atoms. The van der Waals surface area contributed by atoms with Crippen LogP contribution in [0, 0.1) is 6.92 Å². The summed E-state index contributed by atoms with van der Waals surface area (Å²) < 4.78 is 28.6. The molecule has 2 amide bonds. The number of sulfonamides is 1. The summed E-state index contributed by atoms with van der Waals surface area (Å²) in [4.78, 5) is 28.3. The van der Waals surface area contributed by atoms with E-state index >= 15 is 0 Å². The molecule has 0 aliphatic rings. The molecule has 3 aromatic rings. The van der Waals surface area contributed by atoms with E-state index in [4.69, 9.17) is 23.2 Å². The average molecular weight is 591 g/mol. The second-order valence-electron chi connectivity index (χ2n) is 9.28. The van der Waals surface area contributed by atoms with Gasteiger partial charge in [-0.3, -0.25) is 13.9 Å². The number of benzene rings is 3. The monoisotopic (exact) mass is 589 g/mol. The molecule has 3 rings (SSSR count). The maximum absolute atomic E-state index is 13.9. The van der Waals surface area contributed by atoms with Gasteiger partial charge in [-0.05, 0) is 68.3 Å². The molecule has 0 aliphatic heterocycles. The first-order chi connectivity index (χ1) is 18.5. The fourth-order valence-electron chi connectivity index (χ4n) is 4.02. The number of carbonyl (C=O) groups excluding carboxylic acids is 2. The lowest BCUT2D eigenvalue weighted by Crippen LogP contribution is -2.51. The Bertz CT molecular complexity index is 1400. The predicted molar refractivity (Wildman–Crippen MR) is 157 cm³/mol. The Hall–Kier alpha value is -3.07. The number of rotatable bonds is 12. The summed E-state index contributed by atoms with van der Waals surface area (Å²) in [6, 6.07) is 18.8. The van der Waals surface area contributed by atoms with E-state index in [1.165, 1.54) is 35.2 Å². The molecule has 7 nitrogen and oxygen atoms in total. The number of halogens is 2. The summed E-state index contributed by atoms with van der Waals surface area (Å²) in [6.07, 6.45) is 1.73. The fraction of sp³-hybridized carbons (Fsp3) is 0.310. The van der Waals surface area contributed by atoms with Gasteiger partial charge in [0, 0.05) is 23.1 Å². The normalized spacial score (nSPS) is 12.0. The number of nitrogens with zero attached hydrogens (tertiary/aromatic N) is 2. The summed E-state index contributed by atoms with van der Waals surface area (Å²) in [5.41, 5.74) is 2.05. The van der Waals surface area contributed by atoms with E-state index in [9.17, 15) is 18.0 Å². The average Bonchev–Trinajstić information content (AvgIpc) is 2.90. The highest BCUT2D eigenvalue weighted by atomic mass is 35.5. The van der Waals surface area contributed by atoms with Gasteiger partial charge in [-0.15, -0.1) is 0 Å². The molecule has 208 valence electrons. The van der Waals surface area contributed by atoms with E-state index in [0.717, 1.165) is 28.3 Å². The van der Waals surface area contributed by atoms with Crippen molar-refractivity contribution in [3.63, 3.8) is 0 Å². The summed E-state index contributed by atoms with van der Waals surface area (Å²) in [5.74, 6) is -0.841. The van der Waals surface area contributed by atoms with Crippen molar-refractivity contribution >= 4 is 50.7 Å². The molecule has 0 saturated heterocycles. The van der Waals surface area contributed by atoms with Crippen LogP contribution in [0.25, 0.3) is 0 Å². The van der Waals surface area contributed by atoms with Gasteiger partial charge < -0.3 is 10.2 Å². The molecule has 0 saturated carbocycles. The zero-order valence-corrected chi connectivity index (χ0v) is 24.6. The van der Waals surface area contributed by atoms with E-state index in [-0.39, 0.29) is 23.0 Å². The highest BCUT2D eigenvalue weighted by molar-refractivity contribution is 7.92. The van der Waals surface area contributed by atoms with E-state index < -0.39 is 28.5 Å². The largest absolute Gasteiger partial charge is 0.354 e.